The predicted molar refractivity (Wildman–Crippen MR) is 81.1 cm³/mol. The van der Waals surface area contributed by atoms with E-state index in [4.69, 9.17) is 11.6 Å². The Hall–Kier alpha value is -2.29. The molecule has 0 unspecified atom stereocenters. The molecule has 0 amide bonds. The van der Waals surface area contributed by atoms with Gasteiger partial charge < -0.3 is 4.57 Å². The van der Waals surface area contributed by atoms with Gasteiger partial charge in [-0.25, -0.2) is 23.7 Å². The van der Waals surface area contributed by atoms with E-state index >= 15 is 0 Å². The predicted octanol–water partition coefficient (Wildman–Crippen LogP) is 5.02. The molecular formula is C15H10ClF5N4. The number of hydrogen-bond acceptors (Lipinski definition) is 3. The monoisotopic (exact) mass is 376 g/mol. The number of halogens is 6. The average molecular weight is 377 g/mol. The summed E-state index contributed by atoms with van der Waals surface area (Å²) in [5.74, 6) is -3.13. The van der Waals surface area contributed by atoms with E-state index in [0.29, 0.717) is 0 Å². The number of fused-ring (bicyclic) bond motifs is 1. The molecule has 0 radical (unpaired) electrons. The fourth-order valence-electron chi connectivity index (χ4n) is 2.56. The summed E-state index contributed by atoms with van der Waals surface area (Å²) < 4.78 is 68.8. The molecule has 132 valence electrons. The third-order valence-electron chi connectivity index (χ3n) is 3.51. The van der Waals surface area contributed by atoms with Crippen molar-refractivity contribution in [1.82, 2.24) is 19.5 Å². The maximum absolute atomic E-state index is 14.4. The molecule has 2 aromatic heterocycles. The maximum atomic E-state index is 14.4. The van der Waals surface area contributed by atoms with Crippen molar-refractivity contribution in [1.29, 1.82) is 0 Å². The van der Waals surface area contributed by atoms with E-state index in [-0.39, 0.29) is 22.1 Å². The lowest BCUT2D eigenvalue weighted by Crippen LogP contribution is -2.16. The van der Waals surface area contributed by atoms with Crippen LogP contribution in [0.2, 0.25) is 5.28 Å². The fraction of sp³-hybridized carbons (Fsp3) is 0.267. The zero-order valence-corrected chi connectivity index (χ0v) is 13.6. The highest BCUT2D eigenvalue weighted by molar-refractivity contribution is 6.28. The second kappa shape index (κ2) is 5.91. The van der Waals surface area contributed by atoms with Crippen LogP contribution in [0.5, 0.6) is 0 Å². The number of aromatic nitrogens is 4. The smallest absolute Gasteiger partial charge is 0.318 e. The number of imidazole rings is 1. The Bertz CT molecular complexity index is 965. The number of rotatable bonds is 2. The van der Waals surface area contributed by atoms with Crippen molar-refractivity contribution in [3.05, 3.63) is 41.1 Å². The first-order chi connectivity index (χ1) is 11.6. The third-order valence-corrected chi connectivity index (χ3v) is 3.69. The Morgan fingerprint density at radius 3 is 2.36 bits per heavy atom. The van der Waals surface area contributed by atoms with E-state index in [2.05, 4.69) is 15.0 Å². The van der Waals surface area contributed by atoms with Crippen LogP contribution in [0.3, 0.4) is 0 Å². The standard InChI is InChI=1S/C15H10ClF5N4/c1-6(2)25-10-4-7(11-9(18)5-22-14(16)24-11)3-8(17)12(10)23-13(25)15(19,20)21/h3-6H,1-2H3. The van der Waals surface area contributed by atoms with Gasteiger partial charge in [0.1, 0.15) is 11.2 Å². The molecule has 2 heterocycles. The van der Waals surface area contributed by atoms with E-state index in [1.807, 2.05) is 0 Å². The summed E-state index contributed by atoms with van der Waals surface area (Å²) in [5, 5.41) is -0.273. The molecule has 0 saturated carbocycles. The largest absolute Gasteiger partial charge is 0.449 e. The molecule has 25 heavy (non-hydrogen) atoms. The van der Waals surface area contributed by atoms with Crippen LogP contribution < -0.4 is 0 Å². The van der Waals surface area contributed by atoms with Crippen LogP contribution in [0.25, 0.3) is 22.3 Å². The Morgan fingerprint density at radius 2 is 1.76 bits per heavy atom. The molecule has 0 aliphatic heterocycles. The second-order valence-corrected chi connectivity index (χ2v) is 5.90. The molecule has 0 aliphatic rings. The first-order valence-electron chi connectivity index (χ1n) is 7.06. The van der Waals surface area contributed by atoms with Crippen LogP contribution in [0.1, 0.15) is 25.7 Å². The van der Waals surface area contributed by atoms with Gasteiger partial charge in [0.25, 0.3) is 0 Å². The Balaban J connectivity index is 2.36. The molecule has 4 nitrogen and oxygen atoms in total. The molecule has 0 aliphatic carbocycles. The van der Waals surface area contributed by atoms with Gasteiger partial charge in [-0.3, -0.25) is 0 Å². The lowest BCUT2D eigenvalue weighted by Gasteiger charge is -2.15. The Labute approximate surface area is 143 Å². The molecule has 0 spiro atoms. The Kier molecular flexibility index (Phi) is 4.14. The maximum Gasteiger partial charge on any atom is 0.449 e. The van der Waals surface area contributed by atoms with Crippen molar-refractivity contribution in [3.8, 4) is 11.3 Å². The van der Waals surface area contributed by atoms with E-state index in [1.54, 1.807) is 0 Å². The van der Waals surface area contributed by atoms with Gasteiger partial charge in [0.15, 0.2) is 11.6 Å². The molecule has 3 rings (SSSR count). The molecular weight excluding hydrogens is 367 g/mol. The molecule has 3 aromatic rings. The van der Waals surface area contributed by atoms with E-state index in [9.17, 15) is 22.0 Å². The summed E-state index contributed by atoms with van der Waals surface area (Å²) in [4.78, 5) is 10.5. The fourth-order valence-corrected chi connectivity index (χ4v) is 2.69. The Morgan fingerprint density at radius 1 is 1.08 bits per heavy atom. The van der Waals surface area contributed by atoms with Gasteiger partial charge >= 0.3 is 6.18 Å². The van der Waals surface area contributed by atoms with Crippen LogP contribution in [0.4, 0.5) is 22.0 Å². The summed E-state index contributed by atoms with van der Waals surface area (Å²) in [6.45, 7) is 3.01. The number of nitrogens with zero attached hydrogens (tertiary/aromatic N) is 4. The average Bonchev–Trinajstić information content (AvgIpc) is 2.90. The van der Waals surface area contributed by atoms with E-state index < -0.39 is 35.2 Å². The summed E-state index contributed by atoms with van der Waals surface area (Å²) in [6, 6.07) is 1.40. The summed E-state index contributed by atoms with van der Waals surface area (Å²) >= 11 is 5.62. The van der Waals surface area contributed by atoms with Gasteiger partial charge in [0.05, 0.1) is 11.7 Å². The zero-order chi connectivity index (χ0) is 18.5. The first-order valence-corrected chi connectivity index (χ1v) is 7.44. The normalized spacial score (nSPS) is 12.4. The van der Waals surface area contributed by atoms with Crippen LogP contribution in [-0.2, 0) is 6.18 Å². The quantitative estimate of drug-likeness (QED) is 0.465. The van der Waals surface area contributed by atoms with Crippen LogP contribution in [0, 0.1) is 11.6 Å². The van der Waals surface area contributed by atoms with E-state index in [1.165, 1.54) is 19.9 Å². The summed E-state index contributed by atoms with van der Waals surface area (Å²) in [5.41, 5.74) is -0.954. The lowest BCUT2D eigenvalue weighted by atomic mass is 10.1. The third kappa shape index (κ3) is 3.04. The van der Waals surface area contributed by atoms with Crippen LogP contribution in [0.15, 0.2) is 18.3 Å². The van der Waals surface area contributed by atoms with Crippen molar-refractivity contribution in [2.24, 2.45) is 0 Å². The highest BCUT2D eigenvalue weighted by atomic mass is 35.5. The van der Waals surface area contributed by atoms with Crippen LogP contribution >= 0.6 is 11.6 Å². The lowest BCUT2D eigenvalue weighted by molar-refractivity contribution is -0.147. The highest BCUT2D eigenvalue weighted by Gasteiger charge is 2.38. The second-order valence-electron chi connectivity index (χ2n) is 5.56. The summed E-state index contributed by atoms with van der Waals surface area (Å²) in [6.07, 6.45) is -3.97. The van der Waals surface area contributed by atoms with Gasteiger partial charge in [-0.2, -0.15) is 13.2 Å². The van der Waals surface area contributed by atoms with Crippen LogP contribution in [-0.4, -0.2) is 19.5 Å². The molecule has 0 bridgehead atoms. The molecule has 1 aromatic carbocycles. The first kappa shape index (κ1) is 17.5. The molecule has 10 heteroatoms. The SMILES string of the molecule is CC(C)n1c(C(F)(F)F)nc2c(F)cc(-c3nc(Cl)ncc3F)cc21. The minimum atomic E-state index is -4.76. The minimum absolute atomic E-state index is 0.0673. The molecule has 0 atom stereocenters. The summed E-state index contributed by atoms with van der Waals surface area (Å²) in [7, 11) is 0. The van der Waals surface area contributed by atoms with Gasteiger partial charge in [0, 0.05) is 11.6 Å². The molecule has 0 saturated heterocycles. The minimum Gasteiger partial charge on any atom is -0.318 e. The van der Waals surface area contributed by atoms with Gasteiger partial charge in [-0.15, -0.1) is 0 Å². The molecule has 0 fully saturated rings. The van der Waals surface area contributed by atoms with Gasteiger partial charge in [-0.05, 0) is 37.6 Å². The topological polar surface area (TPSA) is 43.6 Å². The zero-order valence-electron chi connectivity index (χ0n) is 12.9. The number of hydrogen-bond donors (Lipinski definition) is 0. The van der Waals surface area contributed by atoms with Crippen molar-refractivity contribution in [2.45, 2.75) is 26.1 Å². The van der Waals surface area contributed by atoms with Crippen molar-refractivity contribution in [2.75, 3.05) is 0 Å². The van der Waals surface area contributed by atoms with E-state index in [0.717, 1.165) is 16.8 Å². The number of benzene rings is 1. The molecule has 0 N–H and O–H groups in total. The van der Waals surface area contributed by atoms with Gasteiger partial charge in [-0.1, -0.05) is 0 Å². The van der Waals surface area contributed by atoms with Crippen molar-refractivity contribution in [3.63, 3.8) is 0 Å². The number of alkyl halides is 3. The highest BCUT2D eigenvalue weighted by Crippen LogP contribution is 2.36. The van der Waals surface area contributed by atoms with Crippen molar-refractivity contribution >= 4 is 22.6 Å². The van der Waals surface area contributed by atoms with Gasteiger partial charge in [0.2, 0.25) is 11.1 Å². The van der Waals surface area contributed by atoms with Crippen molar-refractivity contribution < 1.29 is 22.0 Å².